The van der Waals surface area contributed by atoms with Crippen LogP contribution in [0, 0.1) is 0 Å². The first-order valence-corrected chi connectivity index (χ1v) is 6.85. The lowest BCUT2D eigenvalue weighted by atomic mass is 10.3. The SMILES string of the molecule is Brc1ccc(-c2nc(C3CNCCO3)no2)s1. The van der Waals surface area contributed by atoms with Crippen LogP contribution in [0.4, 0.5) is 0 Å². The summed E-state index contributed by atoms with van der Waals surface area (Å²) in [6, 6.07) is 3.91. The summed E-state index contributed by atoms with van der Waals surface area (Å²) in [6.45, 7) is 2.28. The fourth-order valence-electron chi connectivity index (χ4n) is 1.63. The second-order valence-corrected chi connectivity index (χ2v) is 6.09. The number of aromatic nitrogens is 2. The van der Waals surface area contributed by atoms with E-state index < -0.39 is 0 Å². The summed E-state index contributed by atoms with van der Waals surface area (Å²) in [5.41, 5.74) is 0. The fraction of sp³-hybridized carbons (Fsp3) is 0.400. The highest BCUT2D eigenvalue weighted by Gasteiger charge is 2.22. The van der Waals surface area contributed by atoms with Gasteiger partial charge in [0.05, 0.1) is 15.3 Å². The second kappa shape index (κ2) is 4.85. The van der Waals surface area contributed by atoms with Crippen LogP contribution in [-0.2, 0) is 4.74 Å². The maximum Gasteiger partial charge on any atom is 0.268 e. The monoisotopic (exact) mass is 315 g/mol. The van der Waals surface area contributed by atoms with Crippen molar-refractivity contribution in [3.05, 3.63) is 21.7 Å². The third kappa shape index (κ3) is 2.42. The van der Waals surface area contributed by atoms with Gasteiger partial charge in [0.1, 0.15) is 6.10 Å². The normalized spacial score (nSPS) is 20.6. The van der Waals surface area contributed by atoms with Gasteiger partial charge in [-0.05, 0) is 28.1 Å². The minimum absolute atomic E-state index is 0.107. The molecule has 1 fully saturated rings. The minimum atomic E-state index is -0.107. The minimum Gasteiger partial charge on any atom is -0.367 e. The molecule has 2 aromatic heterocycles. The van der Waals surface area contributed by atoms with Crippen molar-refractivity contribution in [2.45, 2.75) is 6.10 Å². The Morgan fingerprint density at radius 2 is 2.41 bits per heavy atom. The Morgan fingerprint density at radius 3 is 3.12 bits per heavy atom. The third-order valence-electron chi connectivity index (χ3n) is 2.44. The molecule has 0 aliphatic carbocycles. The van der Waals surface area contributed by atoms with Gasteiger partial charge >= 0.3 is 0 Å². The van der Waals surface area contributed by atoms with E-state index in [1.54, 1.807) is 11.3 Å². The van der Waals surface area contributed by atoms with Crippen LogP contribution in [0.2, 0.25) is 0 Å². The van der Waals surface area contributed by atoms with Crippen molar-refractivity contribution >= 4 is 27.3 Å². The molecule has 1 atom stereocenters. The summed E-state index contributed by atoms with van der Waals surface area (Å²) in [4.78, 5) is 5.32. The number of rotatable bonds is 2. The van der Waals surface area contributed by atoms with Crippen LogP contribution < -0.4 is 5.32 Å². The van der Waals surface area contributed by atoms with Gasteiger partial charge in [-0.2, -0.15) is 4.98 Å². The molecule has 0 radical (unpaired) electrons. The fourth-order valence-corrected chi connectivity index (χ4v) is 2.93. The molecule has 1 aliphatic heterocycles. The molecule has 3 heterocycles. The molecule has 5 nitrogen and oxygen atoms in total. The first-order valence-electron chi connectivity index (χ1n) is 5.24. The van der Waals surface area contributed by atoms with Gasteiger partial charge in [0.25, 0.3) is 5.89 Å². The molecule has 90 valence electrons. The topological polar surface area (TPSA) is 60.2 Å². The van der Waals surface area contributed by atoms with Crippen molar-refractivity contribution < 1.29 is 9.26 Å². The van der Waals surface area contributed by atoms with Gasteiger partial charge in [0.2, 0.25) is 5.82 Å². The zero-order valence-corrected chi connectivity index (χ0v) is 11.3. The van der Waals surface area contributed by atoms with Crippen molar-refractivity contribution in [1.82, 2.24) is 15.5 Å². The van der Waals surface area contributed by atoms with Gasteiger partial charge in [-0.25, -0.2) is 0 Å². The van der Waals surface area contributed by atoms with E-state index in [1.165, 1.54) is 0 Å². The number of nitrogens with one attached hydrogen (secondary N) is 1. The highest BCUT2D eigenvalue weighted by atomic mass is 79.9. The van der Waals surface area contributed by atoms with E-state index in [9.17, 15) is 0 Å². The van der Waals surface area contributed by atoms with Crippen molar-refractivity contribution in [3.8, 4) is 10.8 Å². The molecule has 1 saturated heterocycles. The number of nitrogens with zero attached hydrogens (tertiary/aromatic N) is 2. The lowest BCUT2D eigenvalue weighted by molar-refractivity contribution is 0.0208. The molecule has 0 bridgehead atoms. The first-order chi connectivity index (χ1) is 8.33. The molecular weight excluding hydrogens is 306 g/mol. The number of halogens is 1. The van der Waals surface area contributed by atoms with E-state index in [1.807, 2.05) is 12.1 Å². The summed E-state index contributed by atoms with van der Waals surface area (Å²) in [6.07, 6.45) is -0.107. The molecular formula is C10H10BrN3O2S. The van der Waals surface area contributed by atoms with Crippen molar-refractivity contribution in [2.24, 2.45) is 0 Å². The molecule has 1 N–H and O–H groups in total. The Kier molecular flexibility index (Phi) is 3.24. The zero-order valence-electron chi connectivity index (χ0n) is 8.85. The Labute approximate surface area is 110 Å². The van der Waals surface area contributed by atoms with Crippen LogP contribution in [0.1, 0.15) is 11.9 Å². The summed E-state index contributed by atoms with van der Waals surface area (Å²) >= 11 is 4.97. The standard InChI is InChI=1S/C10H10BrN3O2S/c11-8-2-1-7(17-8)10-13-9(14-16-10)6-5-12-3-4-15-6/h1-2,6,12H,3-5H2. The molecule has 2 aromatic rings. The van der Waals surface area contributed by atoms with Crippen molar-refractivity contribution in [2.75, 3.05) is 19.7 Å². The summed E-state index contributed by atoms with van der Waals surface area (Å²) in [7, 11) is 0. The van der Waals surface area contributed by atoms with Gasteiger partial charge in [-0.1, -0.05) is 5.16 Å². The van der Waals surface area contributed by atoms with Gasteiger partial charge in [0, 0.05) is 13.1 Å². The lowest BCUT2D eigenvalue weighted by Crippen LogP contribution is -2.33. The van der Waals surface area contributed by atoms with Crippen LogP contribution in [0.3, 0.4) is 0 Å². The predicted octanol–water partition coefficient (Wildman–Crippen LogP) is 2.22. The van der Waals surface area contributed by atoms with Gasteiger partial charge in [-0.3, -0.25) is 0 Å². The summed E-state index contributed by atoms with van der Waals surface area (Å²) < 4.78 is 11.8. The maximum absolute atomic E-state index is 5.57. The third-order valence-corrected chi connectivity index (χ3v) is 4.05. The summed E-state index contributed by atoms with van der Waals surface area (Å²) in [5.74, 6) is 1.15. The first kappa shape index (κ1) is 11.3. The van der Waals surface area contributed by atoms with Crippen LogP contribution >= 0.6 is 27.3 Å². The summed E-state index contributed by atoms with van der Waals surface area (Å²) in [5, 5.41) is 7.20. The lowest BCUT2D eigenvalue weighted by Gasteiger charge is -2.20. The molecule has 0 amide bonds. The van der Waals surface area contributed by atoms with Crippen molar-refractivity contribution in [1.29, 1.82) is 0 Å². The van der Waals surface area contributed by atoms with Crippen LogP contribution in [0.15, 0.2) is 20.4 Å². The van der Waals surface area contributed by atoms with Gasteiger partial charge in [0.15, 0.2) is 0 Å². The average Bonchev–Trinajstić information content (AvgIpc) is 2.98. The number of thiophene rings is 1. The molecule has 0 spiro atoms. The van der Waals surface area contributed by atoms with Gasteiger partial charge < -0.3 is 14.6 Å². The number of ether oxygens (including phenoxy) is 1. The number of morpholine rings is 1. The predicted molar refractivity (Wildman–Crippen MR) is 66.9 cm³/mol. The van der Waals surface area contributed by atoms with E-state index >= 15 is 0 Å². The zero-order chi connectivity index (χ0) is 11.7. The molecule has 3 rings (SSSR count). The van der Waals surface area contributed by atoms with Crippen molar-refractivity contribution in [3.63, 3.8) is 0 Å². The van der Waals surface area contributed by atoms with Crippen LogP contribution in [-0.4, -0.2) is 29.8 Å². The molecule has 1 unspecified atom stereocenters. The second-order valence-electron chi connectivity index (χ2n) is 3.63. The van der Waals surface area contributed by atoms with E-state index in [-0.39, 0.29) is 6.10 Å². The highest BCUT2D eigenvalue weighted by Crippen LogP contribution is 2.30. The molecule has 0 aromatic carbocycles. The Bertz CT molecular complexity index is 507. The van der Waals surface area contributed by atoms with E-state index in [4.69, 9.17) is 9.26 Å². The Morgan fingerprint density at radius 1 is 1.47 bits per heavy atom. The average molecular weight is 316 g/mol. The molecule has 1 aliphatic rings. The van der Waals surface area contributed by atoms with Crippen LogP contribution in [0.5, 0.6) is 0 Å². The Hall–Kier alpha value is -0.760. The maximum atomic E-state index is 5.57. The largest absolute Gasteiger partial charge is 0.367 e. The van der Waals surface area contributed by atoms with Gasteiger partial charge in [-0.15, -0.1) is 11.3 Å². The van der Waals surface area contributed by atoms with E-state index in [0.29, 0.717) is 18.3 Å². The Balaban J connectivity index is 1.82. The molecule has 17 heavy (non-hydrogen) atoms. The quantitative estimate of drug-likeness (QED) is 0.920. The van der Waals surface area contributed by atoms with E-state index in [0.717, 1.165) is 21.8 Å². The smallest absolute Gasteiger partial charge is 0.268 e. The van der Waals surface area contributed by atoms with E-state index in [2.05, 4.69) is 31.4 Å². The molecule has 7 heteroatoms. The number of hydrogen-bond donors (Lipinski definition) is 1. The van der Waals surface area contributed by atoms with Crippen LogP contribution in [0.25, 0.3) is 10.8 Å². The molecule has 0 saturated carbocycles. The number of hydrogen-bond acceptors (Lipinski definition) is 6. The highest BCUT2D eigenvalue weighted by molar-refractivity contribution is 9.11.